The van der Waals surface area contributed by atoms with Crippen LogP contribution in [-0.4, -0.2) is 22.2 Å². The van der Waals surface area contributed by atoms with Gasteiger partial charge in [0.25, 0.3) is 0 Å². The van der Waals surface area contributed by atoms with Gasteiger partial charge in [-0.15, -0.1) is 0 Å². The minimum absolute atomic E-state index is 0.188. The van der Waals surface area contributed by atoms with Crippen molar-refractivity contribution in [1.29, 1.82) is 0 Å². The molecule has 1 aliphatic carbocycles. The largest absolute Gasteiger partial charge is 0.480 e. The SMILES string of the molecule is CC(C(=O)O)(C(=O)O)C1CCC1. The third kappa shape index (κ3) is 1.07. The highest BCUT2D eigenvalue weighted by Gasteiger charge is 2.50. The van der Waals surface area contributed by atoms with E-state index < -0.39 is 17.4 Å². The molecule has 0 spiro atoms. The first-order valence-electron chi connectivity index (χ1n) is 3.96. The molecule has 68 valence electrons. The summed E-state index contributed by atoms with van der Waals surface area (Å²) in [6.45, 7) is 1.29. The molecule has 1 fully saturated rings. The lowest BCUT2D eigenvalue weighted by Crippen LogP contribution is -2.45. The zero-order chi connectivity index (χ0) is 9.35. The first-order chi connectivity index (χ1) is 5.49. The van der Waals surface area contributed by atoms with Crippen molar-refractivity contribution in [3.63, 3.8) is 0 Å². The molecule has 0 unspecified atom stereocenters. The quantitative estimate of drug-likeness (QED) is 0.622. The molecule has 0 radical (unpaired) electrons. The van der Waals surface area contributed by atoms with Crippen molar-refractivity contribution < 1.29 is 19.8 Å². The van der Waals surface area contributed by atoms with E-state index in [0.717, 1.165) is 19.3 Å². The highest BCUT2D eigenvalue weighted by Crippen LogP contribution is 2.42. The second-order valence-electron chi connectivity index (χ2n) is 3.44. The molecule has 12 heavy (non-hydrogen) atoms. The van der Waals surface area contributed by atoms with Crippen molar-refractivity contribution in [2.75, 3.05) is 0 Å². The van der Waals surface area contributed by atoms with Gasteiger partial charge in [0.2, 0.25) is 0 Å². The number of hydrogen-bond acceptors (Lipinski definition) is 2. The van der Waals surface area contributed by atoms with Gasteiger partial charge in [0.1, 0.15) is 0 Å². The van der Waals surface area contributed by atoms with Crippen molar-refractivity contribution in [3.05, 3.63) is 0 Å². The number of carbonyl (C=O) groups is 2. The molecule has 1 aliphatic rings. The maximum Gasteiger partial charge on any atom is 0.321 e. The van der Waals surface area contributed by atoms with Crippen LogP contribution in [-0.2, 0) is 9.59 Å². The summed E-state index contributed by atoms with van der Waals surface area (Å²) >= 11 is 0. The molecule has 0 bridgehead atoms. The molecule has 0 heterocycles. The summed E-state index contributed by atoms with van der Waals surface area (Å²) < 4.78 is 0. The van der Waals surface area contributed by atoms with Crippen LogP contribution in [0.1, 0.15) is 26.2 Å². The monoisotopic (exact) mass is 172 g/mol. The predicted octanol–water partition coefficient (Wildman–Crippen LogP) is 0.962. The van der Waals surface area contributed by atoms with Gasteiger partial charge in [-0.25, -0.2) is 0 Å². The molecule has 0 amide bonds. The lowest BCUT2D eigenvalue weighted by atomic mass is 9.66. The number of aliphatic carboxylic acids is 2. The van der Waals surface area contributed by atoms with E-state index in [9.17, 15) is 9.59 Å². The normalized spacial score (nSPS) is 18.4. The fourth-order valence-electron chi connectivity index (χ4n) is 1.43. The summed E-state index contributed by atoms with van der Waals surface area (Å²) in [5.74, 6) is -2.63. The van der Waals surface area contributed by atoms with Gasteiger partial charge in [-0.05, 0) is 25.7 Å². The Bertz CT molecular complexity index is 203. The summed E-state index contributed by atoms with van der Waals surface area (Å²) in [7, 11) is 0. The molecule has 4 heteroatoms. The standard InChI is InChI=1S/C8H12O4/c1-8(6(9)10,7(11)12)5-3-2-4-5/h5H,2-4H2,1H3,(H,9,10)(H,11,12). The molecular formula is C8H12O4. The van der Waals surface area contributed by atoms with Crippen molar-refractivity contribution in [2.45, 2.75) is 26.2 Å². The van der Waals surface area contributed by atoms with Crippen molar-refractivity contribution >= 4 is 11.9 Å². The second-order valence-corrected chi connectivity index (χ2v) is 3.44. The molecule has 1 rings (SSSR count). The van der Waals surface area contributed by atoms with Gasteiger partial charge in [0.15, 0.2) is 5.41 Å². The molecule has 4 nitrogen and oxygen atoms in total. The average Bonchev–Trinajstić information content (AvgIpc) is 1.82. The van der Waals surface area contributed by atoms with Crippen molar-refractivity contribution in [1.82, 2.24) is 0 Å². The van der Waals surface area contributed by atoms with Crippen LogP contribution in [0.2, 0.25) is 0 Å². The van der Waals surface area contributed by atoms with E-state index >= 15 is 0 Å². The van der Waals surface area contributed by atoms with Crippen molar-refractivity contribution in [2.24, 2.45) is 11.3 Å². The van der Waals surface area contributed by atoms with E-state index in [-0.39, 0.29) is 5.92 Å². The topological polar surface area (TPSA) is 74.6 Å². The zero-order valence-corrected chi connectivity index (χ0v) is 6.91. The molecule has 0 aliphatic heterocycles. The van der Waals surface area contributed by atoms with Gasteiger partial charge in [-0.1, -0.05) is 6.42 Å². The Balaban J connectivity index is 2.84. The van der Waals surface area contributed by atoms with Gasteiger partial charge >= 0.3 is 11.9 Å². The Morgan fingerprint density at radius 3 is 1.75 bits per heavy atom. The molecule has 0 saturated heterocycles. The minimum Gasteiger partial charge on any atom is -0.480 e. The maximum absolute atomic E-state index is 10.7. The number of hydrogen-bond donors (Lipinski definition) is 2. The first kappa shape index (κ1) is 9.03. The predicted molar refractivity (Wildman–Crippen MR) is 40.7 cm³/mol. The third-order valence-corrected chi connectivity index (χ3v) is 2.81. The minimum atomic E-state index is -1.57. The first-order valence-corrected chi connectivity index (χ1v) is 3.96. The second kappa shape index (κ2) is 2.77. The molecule has 0 atom stereocenters. The van der Waals surface area contributed by atoms with E-state index in [4.69, 9.17) is 10.2 Å². The summed E-state index contributed by atoms with van der Waals surface area (Å²) in [6, 6.07) is 0. The van der Waals surface area contributed by atoms with E-state index in [2.05, 4.69) is 0 Å². The summed E-state index contributed by atoms with van der Waals surface area (Å²) in [6.07, 6.45) is 2.38. The highest BCUT2D eigenvalue weighted by atomic mass is 16.4. The van der Waals surface area contributed by atoms with E-state index in [1.807, 2.05) is 0 Å². The Kier molecular flexibility index (Phi) is 2.08. The van der Waals surface area contributed by atoms with Crippen LogP contribution in [0.15, 0.2) is 0 Å². The van der Waals surface area contributed by atoms with Crippen LogP contribution in [0, 0.1) is 11.3 Å². The summed E-state index contributed by atoms with van der Waals surface area (Å²) in [5, 5.41) is 17.5. The Labute approximate surface area is 70.2 Å². The van der Waals surface area contributed by atoms with E-state index in [1.165, 1.54) is 6.92 Å². The van der Waals surface area contributed by atoms with Gasteiger partial charge in [-0.2, -0.15) is 0 Å². The number of carboxylic acid groups (broad SMARTS) is 2. The average molecular weight is 172 g/mol. The maximum atomic E-state index is 10.7. The fourth-order valence-corrected chi connectivity index (χ4v) is 1.43. The van der Waals surface area contributed by atoms with Crippen molar-refractivity contribution in [3.8, 4) is 0 Å². The number of rotatable bonds is 3. The zero-order valence-electron chi connectivity index (χ0n) is 6.91. The van der Waals surface area contributed by atoms with Gasteiger partial charge < -0.3 is 10.2 Å². The van der Waals surface area contributed by atoms with Gasteiger partial charge in [0.05, 0.1) is 0 Å². The number of carboxylic acids is 2. The van der Waals surface area contributed by atoms with Crippen LogP contribution in [0.25, 0.3) is 0 Å². The fraction of sp³-hybridized carbons (Fsp3) is 0.750. The van der Waals surface area contributed by atoms with Crippen LogP contribution in [0.4, 0.5) is 0 Å². The van der Waals surface area contributed by atoms with Gasteiger partial charge in [0, 0.05) is 0 Å². The molecule has 0 aromatic heterocycles. The van der Waals surface area contributed by atoms with Crippen LogP contribution >= 0.6 is 0 Å². The van der Waals surface area contributed by atoms with Crippen LogP contribution in [0.5, 0.6) is 0 Å². The molecule has 0 aromatic carbocycles. The summed E-state index contributed by atoms with van der Waals surface area (Å²) in [5.41, 5.74) is -1.57. The molecule has 0 aromatic rings. The smallest absolute Gasteiger partial charge is 0.321 e. The van der Waals surface area contributed by atoms with E-state index in [0.29, 0.717) is 0 Å². The van der Waals surface area contributed by atoms with E-state index in [1.54, 1.807) is 0 Å². The third-order valence-electron chi connectivity index (χ3n) is 2.81. The molecular weight excluding hydrogens is 160 g/mol. The molecule has 2 N–H and O–H groups in total. The highest BCUT2D eigenvalue weighted by molar-refractivity contribution is 5.98. The van der Waals surface area contributed by atoms with Crippen LogP contribution < -0.4 is 0 Å². The Morgan fingerprint density at radius 1 is 1.25 bits per heavy atom. The van der Waals surface area contributed by atoms with Crippen LogP contribution in [0.3, 0.4) is 0 Å². The Hall–Kier alpha value is -1.06. The lowest BCUT2D eigenvalue weighted by molar-refractivity contribution is -0.170. The Morgan fingerprint density at radius 2 is 1.67 bits per heavy atom. The summed E-state index contributed by atoms with van der Waals surface area (Å²) in [4.78, 5) is 21.4. The van der Waals surface area contributed by atoms with Gasteiger partial charge in [-0.3, -0.25) is 9.59 Å². The molecule has 1 saturated carbocycles. The lowest BCUT2D eigenvalue weighted by Gasteiger charge is -2.36.